The van der Waals surface area contributed by atoms with Crippen molar-refractivity contribution in [2.75, 3.05) is 18.5 Å². The molecule has 46 heavy (non-hydrogen) atoms. The molecule has 1 aromatic heterocycles. The molecule has 12 heteroatoms. The van der Waals surface area contributed by atoms with Crippen LogP contribution in [0.2, 0.25) is 0 Å². The molecule has 4 aromatic carbocycles. The Bertz CT molecular complexity index is 1890. The molecule has 1 aliphatic heterocycles. The van der Waals surface area contributed by atoms with E-state index in [0.717, 1.165) is 28.5 Å². The number of thioether (sulfide) groups is 1. The van der Waals surface area contributed by atoms with Gasteiger partial charge in [0.1, 0.15) is 29.9 Å². The van der Waals surface area contributed by atoms with E-state index in [1.807, 2.05) is 24.3 Å². The molecule has 0 unspecified atom stereocenters. The van der Waals surface area contributed by atoms with Gasteiger partial charge in [0.15, 0.2) is 6.29 Å². The Morgan fingerprint density at radius 3 is 2.52 bits per heavy atom. The van der Waals surface area contributed by atoms with E-state index in [2.05, 4.69) is 21.5 Å². The fourth-order valence-corrected chi connectivity index (χ4v) is 6.69. The number of halogens is 2. The number of benzene rings is 4. The van der Waals surface area contributed by atoms with E-state index in [-0.39, 0.29) is 23.3 Å². The minimum Gasteiger partial charge on any atom is -0.382 e. The molecule has 1 aliphatic rings. The second kappa shape index (κ2) is 13.4. The van der Waals surface area contributed by atoms with E-state index >= 15 is 0 Å². The van der Waals surface area contributed by atoms with Gasteiger partial charge in [0.2, 0.25) is 0 Å². The van der Waals surface area contributed by atoms with E-state index in [4.69, 9.17) is 14.7 Å². The Hall–Kier alpha value is -4.67. The Morgan fingerprint density at radius 1 is 1.09 bits per heavy atom. The van der Waals surface area contributed by atoms with Gasteiger partial charge in [-0.1, -0.05) is 31.2 Å². The highest BCUT2D eigenvalue weighted by atomic mass is 32.2. The van der Waals surface area contributed by atoms with Gasteiger partial charge in [-0.15, -0.1) is 11.8 Å². The van der Waals surface area contributed by atoms with E-state index in [1.165, 1.54) is 35.2 Å². The molecular formula is C34H29F2N5O4S. The fraction of sp³-hybridized carbons (Fsp3) is 0.235. The minimum absolute atomic E-state index is 0.0361. The standard InChI is InChI=1S/C34H29F2N5O4S/c1-21(34(43,18-41-20-38-19-39-41)30-11-8-27(35)14-31(30)36)46-29-16-44-33(45-17-29)26-7-5-23-12-25(6-4-24(23)13-26)32(42)40-28-9-2-22(15-37)3-10-28/h2-14,19-21,29,33,43H,16-18H2,1H3,(H,40,42)/t21-,29?,33?,34-/m1/s1. The normalized spacial score (nSPS) is 18.4. The lowest BCUT2D eigenvalue weighted by atomic mass is 9.90. The van der Waals surface area contributed by atoms with Crippen molar-refractivity contribution in [3.63, 3.8) is 0 Å². The molecule has 2 atom stereocenters. The van der Waals surface area contributed by atoms with Gasteiger partial charge in [-0.25, -0.2) is 18.4 Å². The van der Waals surface area contributed by atoms with Crippen LogP contribution in [0, 0.1) is 23.0 Å². The molecule has 1 fully saturated rings. The number of nitrogens with one attached hydrogen (secondary N) is 1. The van der Waals surface area contributed by atoms with Crippen molar-refractivity contribution in [2.24, 2.45) is 0 Å². The number of anilines is 1. The number of aromatic nitrogens is 3. The second-order valence-corrected chi connectivity index (χ2v) is 12.7. The van der Waals surface area contributed by atoms with Gasteiger partial charge in [-0.05, 0) is 59.3 Å². The molecule has 2 heterocycles. The van der Waals surface area contributed by atoms with Crippen LogP contribution in [0.4, 0.5) is 14.5 Å². The lowest BCUT2D eigenvalue weighted by molar-refractivity contribution is -0.179. The van der Waals surface area contributed by atoms with E-state index < -0.39 is 28.8 Å². The quantitative estimate of drug-likeness (QED) is 0.202. The summed E-state index contributed by atoms with van der Waals surface area (Å²) in [5.74, 6) is -1.84. The van der Waals surface area contributed by atoms with E-state index in [1.54, 1.807) is 43.3 Å². The Kier molecular flexibility index (Phi) is 9.10. The second-order valence-electron chi connectivity index (χ2n) is 11.0. The summed E-state index contributed by atoms with van der Waals surface area (Å²) in [5, 5.41) is 28.7. The SMILES string of the molecule is C[C@@H](SC1COC(c2ccc3cc(C(=O)Nc4ccc(C#N)cc4)ccc3c2)OC1)[C@](O)(Cn1cncn1)c1ccc(F)cc1F. The monoisotopic (exact) mass is 641 g/mol. The highest BCUT2D eigenvalue weighted by Crippen LogP contribution is 2.40. The number of hydrogen-bond donors (Lipinski definition) is 2. The number of aliphatic hydroxyl groups is 1. The predicted octanol–water partition coefficient (Wildman–Crippen LogP) is 5.96. The molecule has 9 nitrogen and oxygen atoms in total. The van der Waals surface area contributed by atoms with Crippen LogP contribution in [0.25, 0.3) is 10.8 Å². The first-order chi connectivity index (χ1) is 22.2. The average Bonchev–Trinajstić information content (AvgIpc) is 3.57. The predicted molar refractivity (Wildman–Crippen MR) is 169 cm³/mol. The fourth-order valence-electron chi connectivity index (χ4n) is 5.38. The maximum Gasteiger partial charge on any atom is 0.255 e. The Labute approximate surface area is 267 Å². The summed E-state index contributed by atoms with van der Waals surface area (Å²) in [5.41, 5.74) is 0.649. The third-order valence-electron chi connectivity index (χ3n) is 7.87. The molecule has 1 amide bonds. The van der Waals surface area contributed by atoms with Crippen molar-refractivity contribution in [3.8, 4) is 6.07 Å². The lowest BCUT2D eigenvalue weighted by Crippen LogP contribution is -2.43. The number of nitriles is 1. The summed E-state index contributed by atoms with van der Waals surface area (Å²) in [7, 11) is 0. The summed E-state index contributed by atoms with van der Waals surface area (Å²) in [6, 6.07) is 23.0. The largest absolute Gasteiger partial charge is 0.382 e. The zero-order chi connectivity index (χ0) is 32.3. The Morgan fingerprint density at radius 2 is 1.83 bits per heavy atom. The topological polar surface area (TPSA) is 122 Å². The van der Waals surface area contributed by atoms with Crippen molar-refractivity contribution >= 4 is 34.1 Å². The summed E-state index contributed by atoms with van der Waals surface area (Å²) in [6.07, 6.45) is 2.14. The molecule has 6 rings (SSSR count). The molecule has 0 bridgehead atoms. The molecule has 0 spiro atoms. The number of hydrogen-bond acceptors (Lipinski definition) is 8. The summed E-state index contributed by atoms with van der Waals surface area (Å²) >= 11 is 1.39. The number of amides is 1. The number of carbonyl (C=O) groups is 1. The van der Waals surface area contributed by atoms with Crippen LogP contribution < -0.4 is 5.32 Å². The van der Waals surface area contributed by atoms with Crippen LogP contribution in [0.5, 0.6) is 0 Å². The van der Waals surface area contributed by atoms with Crippen molar-refractivity contribution in [1.82, 2.24) is 14.8 Å². The summed E-state index contributed by atoms with van der Waals surface area (Å²) in [6.45, 7) is 2.32. The minimum atomic E-state index is -1.73. The van der Waals surface area contributed by atoms with E-state index in [0.29, 0.717) is 30.0 Å². The maximum absolute atomic E-state index is 14.9. The number of carbonyl (C=O) groups excluding carboxylic acids is 1. The number of ether oxygens (including phenoxy) is 2. The van der Waals surface area contributed by atoms with Gasteiger partial charge in [0, 0.05) is 33.7 Å². The molecule has 2 N–H and O–H groups in total. The first kappa shape index (κ1) is 31.3. The molecule has 5 aromatic rings. The molecular weight excluding hydrogens is 612 g/mol. The maximum atomic E-state index is 14.9. The first-order valence-corrected chi connectivity index (χ1v) is 15.4. The Balaban J connectivity index is 1.10. The van der Waals surface area contributed by atoms with Gasteiger partial charge in [0.05, 0.1) is 36.6 Å². The summed E-state index contributed by atoms with van der Waals surface area (Å²) < 4.78 is 42.1. The van der Waals surface area contributed by atoms with Gasteiger partial charge < -0.3 is 19.9 Å². The highest BCUT2D eigenvalue weighted by molar-refractivity contribution is 8.00. The molecule has 0 saturated carbocycles. The van der Waals surface area contributed by atoms with Gasteiger partial charge in [-0.2, -0.15) is 10.4 Å². The molecule has 1 saturated heterocycles. The lowest BCUT2D eigenvalue weighted by Gasteiger charge is -2.37. The smallest absolute Gasteiger partial charge is 0.255 e. The van der Waals surface area contributed by atoms with Crippen LogP contribution in [-0.2, 0) is 21.6 Å². The van der Waals surface area contributed by atoms with Crippen molar-refractivity contribution in [3.05, 3.63) is 125 Å². The van der Waals surface area contributed by atoms with Crippen LogP contribution in [-0.4, -0.2) is 49.5 Å². The van der Waals surface area contributed by atoms with Crippen LogP contribution in [0.15, 0.2) is 91.5 Å². The van der Waals surface area contributed by atoms with Crippen molar-refractivity contribution < 1.29 is 28.2 Å². The van der Waals surface area contributed by atoms with Crippen molar-refractivity contribution in [2.45, 2.75) is 35.9 Å². The zero-order valence-electron chi connectivity index (χ0n) is 24.6. The number of nitrogens with zero attached hydrogens (tertiary/aromatic N) is 4. The third-order valence-corrected chi connectivity index (χ3v) is 9.33. The summed E-state index contributed by atoms with van der Waals surface area (Å²) in [4.78, 5) is 16.7. The van der Waals surface area contributed by atoms with Crippen LogP contribution in [0.1, 0.15) is 40.3 Å². The number of rotatable bonds is 9. The third kappa shape index (κ3) is 6.78. The first-order valence-electron chi connectivity index (χ1n) is 14.5. The zero-order valence-corrected chi connectivity index (χ0v) is 25.5. The van der Waals surface area contributed by atoms with Crippen LogP contribution in [0.3, 0.4) is 0 Å². The average molecular weight is 642 g/mol. The van der Waals surface area contributed by atoms with Gasteiger partial charge >= 0.3 is 0 Å². The highest BCUT2D eigenvalue weighted by Gasteiger charge is 2.41. The molecule has 0 aliphatic carbocycles. The van der Waals surface area contributed by atoms with Gasteiger partial charge in [-0.3, -0.25) is 4.79 Å². The van der Waals surface area contributed by atoms with Gasteiger partial charge in [0.25, 0.3) is 5.91 Å². The number of fused-ring (bicyclic) bond motifs is 1. The molecule has 234 valence electrons. The van der Waals surface area contributed by atoms with Crippen molar-refractivity contribution in [1.29, 1.82) is 5.26 Å². The van der Waals surface area contributed by atoms with Crippen LogP contribution >= 0.6 is 11.8 Å². The molecule has 0 radical (unpaired) electrons. The van der Waals surface area contributed by atoms with E-state index in [9.17, 15) is 18.7 Å².